The zero-order chi connectivity index (χ0) is 29.9. The fraction of sp³-hybridized carbons (Fsp3) is 0.657. The molecule has 1 aliphatic rings. The molecule has 2 aromatic carbocycles. The van der Waals surface area contributed by atoms with E-state index in [1.54, 1.807) is 0 Å². The van der Waals surface area contributed by atoms with Crippen LogP contribution in [-0.4, -0.2) is 35.1 Å². The van der Waals surface area contributed by atoms with E-state index >= 15 is 0 Å². The normalized spacial score (nSPS) is 18.8. The van der Waals surface area contributed by atoms with Crippen molar-refractivity contribution >= 4 is 0 Å². The second-order valence-corrected chi connectivity index (χ2v) is 16.0. The Balaban J connectivity index is 2.61. The summed E-state index contributed by atoms with van der Waals surface area (Å²) in [4.78, 5) is 0. The highest BCUT2D eigenvalue weighted by molar-refractivity contribution is 5.59. The molecule has 0 aromatic heterocycles. The first-order valence-electron chi connectivity index (χ1n) is 14.5. The first-order chi connectivity index (χ1) is 17.6. The van der Waals surface area contributed by atoms with Crippen LogP contribution in [-0.2, 0) is 21.7 Å². The van der Waals surface area contributed by atoms with Crippen molar-refractivity contribution in [1.29, 1.82) is 0 Å². The van der Waals surface area contributed by atoms with Gasteiger partial charge >= 0.3 is 0 Å². The van der Waals surface area contributed by atoms with Crippen molar-refractivity contribution in [3.8, 4) is 5.75 Å². The van der Waals surface area contributed by atoms with Crippen LogP contribution in [0.1, 0.15) is 141 Å². The van der Waals surface area contributed by atoms with Gasteiger partial charge in [0.15, 0.2) is 0 Å². The lowest BCUT2D eigenvalue weighted by molar-refractivity contribution is -0.0749. The smallest absolute Gasteiger partial charge is 0.137 e. The predicted octanol–water partition coefficient (Wildman–Crippen LogP) is 7.43. The first kappa shape index (κ1) is 31.6. The summed E-state index contributed by atoms with van der Waals surface area (Å²) in [5.74, 6) is 0.807. The number of ether oxygens (including phenoxy) is 1. The molecular weight excluding hydrogens is 484 g/mol. The lowest BCUT2D eigenvalue weighted by atomic mass is 9.69. The van der Waals surface area contributed by atoms with Crippen molar-refractivity contribution < 1.29 is 20.1 Å². The van der Waals surface area contributed by atoms with Crippen molar-refractivity contribution in [1.82, 2.24) is 0 Å². The van der Waals surface area contributed by atoms with Crippen LogP contribution in [0.15, 0.2) is 24.3 Å². The summed E-state index contributed by atoms with van der Waals surface area (Å²) in [6, 6.07) is 9.14. The Hall–Kier alpha value is -1.88. The molecule has 3 rings (SSSR count). The molecule has 3 N–H and O–H groups in total. The average Bonchev–Trinajstić information content (AvgIpc) is 2.92. The van der Waals surface area contributed by atoms with Crippen molar-refractivity contribution in [3.05, 3.63) is 63.2 Å². The molecule has 0 spiro atoms. The van der Waals surface area contributed by atoms with Crippen LogP contribution < -0.4 is 4.74 Å². The summed E-state index contributed by atoms with van der Waals surface area (Å²) in [5, 5.41) is 32.2. The number of benzene rings is 2. The van der Waals surface area contributed by atoms with Gasteiger partial charge in [-0.3, -0.25) is 0 Å². The fourth-order valence-corrected chi connectivity index (χ4v) is 5.65. The van der Waals surface area contributed by atoms with Gasteiger partial charge in [0.2, 0.25) is 0 Å². The first-order valence-corrected chi connectivity index (χ1v) is 14.5. The third-order valence-electron chi connectivity index (χ3n) is 8.61. The van der Waals surface area contributed by atoms with Crippen LogP contribution in [0.2, 0.25) is 0 Å². The lowest BCUT2D eigenvalue weighted by Gasteiger charge is -2.40. The number of aliphatic hydroxyl groups excluding tert-OH is 3. The molecule has 4 heteroatoms. The molecule has 218 valence electrons. The highest BCUT2D eigenvalue weighted by Crippen LogP contribution is 2.53. The minimum atomic E-state index is -1.27. The van der Waals surface area contributed by atoms with Crippen LogP contribution in [0.5, 0.6) is 5.75 Å². The van der Waals surface area contributed by atoms with Crippen LogP contribution in [0.25, 0.3) is 0 Å². The largest absolute Gasteiger partial charge is 0.484 e. The van der Waals surface area contributed by atoms with E-state index in [-0.39, 0.29) is 27.6 Å². The van der Waals surface area contributed by atoms with Gasteiger partial charge in [0.05, 0.1) is 25.2 Å². The molecule has 4 nitrogen and oxygen atoms in total. The maximum atomic E-state index is 10.7. The summed E-state index contributed by atoms with van der Waals surface area (Å²) >= 11 is 0. The number of aliphatic hydroxyl groups is 3. The fourth-order valence-electron chi connectivity index (χ4n) is 5.65. The van der Waals surface area contributed by atoms with Gasteiger partial charge in [-0.2, -0.15) is 0 Å². The molecule has 1 heterocycles. The van der Waals surface area contributed by atoms with Gasteiger partial charge in [-0.25, -0.2) is 0 Å². The highest BCUT2D eigenvalue weighted by atomic mass is 16.5. The molecule has 0 radical (unpaired) electrons. The van der Waals surface area contributed by atoms with Crippen LogP contribution in [0.4, 0.5) is 0 Å². The van der Waals surface area contributed by atoms with Gasteiger partial charge in [0.1, 0.15) is 11.9 Å². The standard InChI is InChI=1S/C35H54O4/c1-21-24-14-22(31(2,3)4)16-26(33(8,9)10)28(24)30(35(18-36,19-37)20-38)39-29-25(21)15-23(32(5,6)7)17-27(29)34(11,12)13/h14-17,21,30,36-38H,18-20H2,1-13H3. The average molecular weight is 539 g/mol. The summed E-state index contributed by atoms with van der Waals surface area (Å²) < 4.78 is 7.10. The summed E-state index contributed by atoms with van der Waals surface area (Å²) in [6.45, 7) is 27.7. The van der Waals surface area contributed by atoms with E-state index in [4.69, 9.17) is 4.74 Å². The minimum Gasteiger partial charge on any atom is -0.484 e. The summed E-state index contributed by atoms with van der Waals surface area (Å²) in [6.07, 6.45) is -0.735. The van der Waals surface area contributed by atoms with E-state index in [0.29, 0.717) is 0 Å². The molecule has 0 aliphatic carbocycles. The predicted molar refractivity (Wildman–Crippen MR) is 162 cm³/mol. The molecular formula is C35H54O4. The summed E-state index contributed by atoms with van der Waals surface area (Å²) in [5.41, 5.74) is 6.11. The molecule has 0 saturated carbocycles. The second-order valence-electron chi connectivity index (χ2n) is 16.0. The van der Waals surface area contributed by atoms with Crippen molar-refractivity contribution in [2.75, 3.05) is 19.8 Å². The van der Waals surface area contributed by atoms with Crippen molar-refractivity contribution in [3.63, 3.8) is 0 Å². The van der Waals surface area contributed by atoms with Gasteiger partial charge in [0.25, 0.3) is 0 Å². The quantitative estimate of drug-likeness (QED) is 0.379. The van der Waals surface area contributed by atoms with Crippen molar-refractivity contribution in [2.24, 2.45) is 5.41 Å². The second kappa shape index (κ2) is 10.2. The molecule has 39 heavy (non-hydrogen) atoms. The summed E-state index contributed by atoms with van der Waals surface area (Å²) in [7, 11) is 0. The Bertz CT molecular complexity index is 1180. The van der Waals surface area contributed by atoms with Gasteiger partial charge < -0.3 is 20.1 Å². The van der Waals surface area contributed by atoms with Gasteiger partial charge in [-0.15, -0.1) is 0 Å². The van der Waals surface area contributed by atoms with E-state index < -0.39 is 31.3 Å². The number of hydrogen-bond donors (Lipinski definition) is 3. The number of fused-ring (bicyclic) bond motifs is 2. The third kappa shape index (κ3) is 5.80. The lowest BCUT2D eigenvalue weighted by Crippen LogP contribution is -2.44. The zero-order valence-corrected chi connectivity index (χ0v) is 26.8. The van der Waals surface area contributed by atoms with E-state index in [2.05, 4.69) is 114 Å². The van der Waals surface area contributed by atoms with Gasteiger partial charge in [-0.1, -0.05) is 114 Å². The van der Waals surface area contributed by atoms with Crippen LogP contribution in [0.3, 0.4) is 0 Å². The van der Waals surface area contributed by atoms with Gasteiger partial charge in [-0.05, 0) is 43.9 Å². The molecule has 2 unspecified atom stereocenters. The van der Waals surface area contributed by atoms with Crippen molar-refractivity contribution in [2.45, 2.75) is 124 Å². The Kier molecular flexibility index (Phi) is 8.27. The Labute approximate surface area is 237 Å². The Morgan fingerprint density at radius 1 is 0.590 bits per heavy atom. The minimum absolute atomic E-state index is 0.000536. The molecule has 0 fully saturated rings. The highest BCUT2D eigenvalue weighted by Gasteiger charge is 2.47. The molecule has 2 aromatic rings. The topological polar surface area (TPSA) is 69.9 Å². The molecule has 1 aliphatic heterocycles. The third-order valence-corrected chi connectivity index (χ3v) is 8.61. The van der Waals surface area contributed by atoms with E-state index in [0.717, 1.165) is 33.6 Å². The molecule has 0 amide bonds. The molecule has 0 saturated heterocycles. The SMILES string of the molecule is CC1c2cc(C(C)(C)C)cc(C(C)(C)C)c2OC(C(CO)(CO)CO)c2c1cc(C(C)(C)C)cc2C(C)(C)C. The molecule has 0 bridgehead atoms. The van der Waals surface area contributed by atoms with Crippen LogP contribution in [0, 0.1) is 5.41 Å². The maximum Gasteiger partial charge on any atom is 0.137 e. The van der Waals surface area contributed by atoms with Crippen LogP contribution >= 0.6 is 0 Å². The number of hydrogen-bond acceptors (Lipinski definition) is 4. The zero-order valence-electron chi connectivity index (χ0n) is 26.8. The van der Waals surface area contributed by atoms with E-state index in [1.807, 2.05) is 0 Å². The number of rotatable bonds is 4. The Morgan fingerprint density at radius 2 is 1.00 bits per heavy atom. The Morgan fingerprint density at radius 3 is 1.38 bits per heavy atom. The van der Waals surface area contributed by atoms with E-state index in [1.165, 1.54) is 11.1 Å². The molecule has 2 atom stereocenters. The van der Waals surface area contributed by atoms with E-state index in [9.17, 15) is 15.3 Å². The van der Waals surface area contributed by atoms with Gasteiger partial charge in [0, 0.05) is 22.6 Å². The monoisotopic (exact) mass is 538 g/mol. The maximum absolute atomic E-state index is 10.7.